The van der Waals surface area contributed by atoms with E-state index in [0.717, 1.165) is 25.0 Å². The first-order chi connectivity index (χ1) is 9.67. The number of hydrogen-bond donors (Lipinski definition) is 0. The Kier molecular flexibility index (Phi) is 10.2. The average molecular weight is 410 g/mol. The van der Waals surface area contributed by atoms with Gasteiger partial charge in [-0.15, -0.1) is 0 Å². The van der Waals surface area contributed by atoms with E-state index in [1.54, 1.807) is 0 Å². The lowest BCUT2D eigenvalue weighted by Gasteiger charge is -2.38. The van der Waals surface area contributed by atoms with E-state index in [-0.39, 0.29) is 11.5 Å². The van der Waals surface area contributed by atoms with Crippen molar-refractivity contribution < 1.29 is 7.80 Å². The molecule has 3 atom stereocenters. The number of allylic oxidation sites excluding steroid dienone is 1. The minimum absolute atomic E-state index is 0.0383. The summed E-state index contributed by atoms with van der Waals surface area (Å²) in [7, 11) is 0. The first-order valence-electron chi connectivity index (χ1n) is 8.26. The molecule has 21 heavy (non-hydrogen) atoms. The molecular weight excluding hydrogens is 375 g/mol. The third-order valence-corrected chi connectivity index (χ3v) is 5.19. The Balaban J connectivity index is 4.75. The van der Waals surface area contributed by atoms with Crippen LogP contribution in [0.4, 0.5) is 0 Å². The lowest BCUT2D eigenvalue weighted by molar-refractivity contribution is 0.0424. The van der Waals surface area contributed by atoms with Gasteiger partial charge < -0.3 is 7.80 Å². The van der Waals surface area contributed by atoms with Gasteiger partial charge in [-0.25, -0.2) is 0 Å². The largest absolute Gasteiger partial charge is 0.495 e. The summed E-state index contributed by atoms with van der Waals surface area (Å²) in [4.78, 5) is 0. The summed E-state index contributed by atoms with van der Waals surface area (Å²) >= 11 is 1.98. The third-order valence-electron chi connectivity index (χ3n) is 4.47. The normalized spacial score (nSPS) is 17.6. The van der Waals surface area contributed by atoms with Crippen molar-refractivity contribution in [3.8, 4) is 0 Å². The molecule has 126 valence electrons. The lowest BCUT2D eigenvalue weighted by Crippen LogP contribution is -2.31. The highest BCUT2D eigenvalue weighted by Crippen LogP contribution is 2.42. The molecule has 0 radical (unpaired) electrons. The van der Waals surface area contributed by atoms with Crippen LogP contribution in [0.5, 0.6) is 0 Å². The van der Waals surface area contributed by atoms with Crippen LogP contribution in [0.2, 0.25) is 0 Å². The van der Waals surface area contributed by atoms with Gasteiger partial charge in [-0.1, -0.05) is 61.5 Å². The summed E-state index contributed by atoms with van der Waals surface area (Å²) in [5.74, 6) is 2.74. The minimum atomic E-state index is 0.0383. The molecule has 0 bridgehead atoms. The van der Waals surface area contributed by atoms with Crippen LogP contribution in [0.1, 0.15) is 67.7 Å². The molecule has 0 aliphatic rings. The smallest absolute Gasteiger partial charge is 0.115 e. The van der Waals surface area contributed by atoms with Crippen LogP contribution in [0.15, 0.2) is 12.3 Å². The molecule has 0 aromatic carbocycles. The van der Waals surface area contributed by atoms with E-state index in [0.29, 0.717) is 24.4 Å². The monoisotopic (exact) mass is 410 g/mol. The molecule has 0 spiro atoms. The Labute approximate surface area is 146 Å². The van der Waals surface area contributed by atoms with E-state index in [1.807, 2.05) is 23.0 Å². The van der Waals surface area contributed by atoms with Gasteiger partial charge in [0.1, 0.15) is 35.7 Å². The topological polar surface area (TPSA) is 18.5 Å². The molecule has 0 saturated heterocycles. The maximum atomic E-state index is 6.06. The van der Waals surface area contributed by atoms with E-state index in [1.165, 1.54) is 0 Å². The molecule has 2 nitrogen and oxygen atoms in total. The van der Waals surface area contributed by atoms with Crippen molar-refractivity contribution >= 4 is 23.0 Å². The molecule has 3 unspecified atom stereocenters. The number of hydrogen-bond acceptors (Lipinski definition) is 2. The Hall–Kier alpha value is 0.230. The van der Waals surface area contributed by atoms with E-state index in [9.17, 15) is 0 Å². The Bertz CT molecular complexity index is 302. The van der Waals surface area contributed by atoms with E-state index >= 15 is 0 Å². The molecule has 0 aliphatic heterocycles. The Morgan fingerprint density at radius 2 is 1.71 bits per heavy atom. The molecule has 0 amide bonds. The number of rotatable bonds is 11. The maximum Gasteiger partial charge on any atom is 0.115 e. The van der Waals surface area contributed by atoms with Crippen molar-refractivity contribution in [2.24, 2.45) is 23.2 Å². The molecular formula is C18H35IO2. The fourth-order valence-corrected chi connectivity index (χ4v) is 3.26. The second kappa shape index (κ2) is 10.1. The minimum Gasteiger partial charge on any atom is -0.495 e. The fraction of sp³-hybridized carbons (Fsp3) is 0.889. The van der Waals surface area contributed by atoms with E-state index in [4.69, 9.17) is 7.80 Å². The van der Waals surface area contributed by atoms with Crippen LogP contribution >= 0.6 is 23.0 Å². The van der Waals surface area contributed by atoms with Gasteiger partial charge in [0.25, 0.3) is 0 Å². The summed E-state index contributed by atoms with van der Waals surface area (Å²) in [6.45, 7) is 20.6. The lowest BCUT2D eigenvalue weighted by atomic mass is 9.70. The van der Waals surface area contributed by atoms with Crippen molar-refractivity contribution in [1.82, 2.24) is 0 Å². The standard InChI is InChI=1S/C18H35IO2/c1-9-15(6)18(8,11-14(4)5)16(7)20-12-17(21-19)10-13(2)3/h13-15,17H,7,9-12H2,1-6,8H3. The second-order valence-electron chi connectivity index (χ2n) is 7.40. The van der Waals surface area contributed by atoms with Crippen molar-refractivity contribution in [3.05, 3.63) is 12.3 Å². The molecule has 3 heteroatoms. The Morgan fingerprint density at radius 3 is 2.10 bits per heavy atom. The fourth-order valence-electron chi connectivity index (χ4n) is 2.90. The van der Waals surface area contributed by atoms with Gasteiger partial charge in [0, 0.05) is 5.41 Å². The van der Waals surface area contributed by atoms with Crippen molar-refractivity contribution in [2.75, 3.05) is 6.61 Å². The quantitative estimate of drug-likeness (QED) is 0.290. The summed E-state index contributed by atoms with van der Waals surface area (Å²) in [6.07, 6.45) is 3.41. The van der Waals surface area contributed by atoms with E-state index < -0.39 is 0 Å². The predicted molar refractivity (Wildman–Crippen MR) is 100 cm³/mol. The zero-order chi connectivity index (χ0) is 16.6. The first-order valence-corrected chi connectivity index (χ1v) is 9.14. The number of ether oxygens (including phenoxy) is 1. The van der Waals surface area contributed by atoms with Gasteiger partial charge in [-0.05, 0) is 30.6 Å². The maximum absolute atomic E-state index is 6.06. The average Bonchev–Trinajstić information content (AvgIpc) is 2.40. The van der Waals surface area contributed by atoms with Crippen LogP contribution in [0.3, 0.4) is 0 Å². The zero-order valence-electron chi connectivity index (χ0n) is 15.0. The highest BCUT2D eigenvalue weighted by Gasteiger charge is 2.35. The van der Waals surface area contributed by atoms with Crippen LogP contribution in [0.25, 0.3) is 0 Å². The predicted octanol–water partition coefficient (Wildman–Crippen LogP) is 6.40. The van der Waals surface area contributed by atoms with Crippen LogP contribution < -0.4 is 0 Å². The van der Waals surface area contributed by atoms with Crippen molar-refractivity contribution in [1.29, 1.82) is 0 Å². The van der Waals surface area contributed by atoms with Crippen molar-refractivity contribution in [2.45, 2.75) is 73.8 Å². The first kappa shape index (κ1) is 21.2. The summed E-state index contributed by atoms with van der Waals surface area (Å²) in [5, 5.41) is 0. The molecule has 0 heterocycles. The SMILES string of the molecule is C=C(OCC(CC(C)C)OI)C(C)(CC(C)C)C(C)CC. The van der Waals surface area contributed by atoms with Crippen LogP contribution in [-0.2, 0) is 7.80 Å². The third kappa shape index (κ3) is 7.36. The van der Waals surface area contributed by atoms with Gasteiger partial charge in [-0.2, -0.15) is 0 Å². The molecule has 0 N–H and O–H groups in total. The van der Waals surface area contributed by atoms with Crippen LogP contribution in [0, 0.1) is 23.2 Å². The van der Waals surface area contributed by atoms with Crippen molar-refractivity contribution in [3.63, 3.8) is 0 Å². The van der Waals surface area contributed by atoms with E-state index in [2.05, 4.69) is 55.0 Å². The summed E-state index contributed by atoms with van der Waals surface area (Å²) < 4.78 is 11.6. The molecule has 0 saturated carbocycles. The van der Waals surface area contributed by atoms with Crippen LogP contribution in [-0.4, -0.2) is 12.7 Å². The summed E-state index contributed by atoms with van der Waals surface area (Å²) in [5.41, 5.74) is 0.0383. The summed E-state index contributed by atoms with van der Waals surface area (Å²) in [6, 6.07) is 0. The molecule has 0 rings (SSSR count). The van der Waals surface area contributed by atoms with Gasteiger partial charge in [-0.3, -0.25) is 0 Å². The highest BCUT2D eigenvalue weighted by molar-refractivity contribution is 14.1. The molecule has 0 aromatic heterocycles. The molecule has 0 fully saturated rings. The van der Waals surface area contributed by atoms with Gasteiger partial charge in [0.15, 0.2) is 0 Å². The van der Waals surface area contributed by atoms with Gasteiger partial charge in [0.2, 0.25) is 0 Å². The number of halogens is 1. The second-order valence-corrected chi connectivity index (χ2v) is 7.91. The molecule has 0 aromatic rings. The van der Waals surface area contributed by atoms with Gasteiger partial charge in [0.05, 0.1) is 5.76 Å². The Morgan fingerprint density at radius 1 is 1.14 bits per heavy atom. The molecule has 0 aliphatic carbocycles. The zero-order valence-corrected chi connectivity index (χ0v) is 17.2. The highest BCUT2D eigenvalue weighted by atomic mass is 127. The van der Waals surface area contributed by atoms with Gasteiger partial charge >= 0.3 is 0 Å².